The van der Waals surface area contributed by atoms with Gasteiger partial charge in [-0.15, -0.1) is 12.6 Å². The number of hydrogen-bond acceptors (Lipinski definition) is 3. The molecule has 1 saturated carbocycles. The molecule has 3 aliphatic rings. The summed E-state index contributed by atoms with van der Waals surface area (Å²) in [6.45, 7) is 6.59. The molecule has 1 saturated heterocycles. The zero-order valence-electron chi connectivity index (χ0n) is 17.0. The second kappa shape index (κ2) is 13.8. The van der Waals surface area contributed by atoms with Gasteiger partial charge in [0, 0.05) is 34.2 Å². The Labute approximate surface area is 180 Å². The van der Waals surface area contributed by atoms with Crippen molar-refractivity contribution in [1.29, 1.82) is 0 Å². The molecule has 154 valence electrons. The van der Waals surface area contributed by atoms with Crippen LogP contribution in [0.1, 0.15) is 69.5 Å². The van der Waals surface area contributed by atoms with Crippen LogP contribution in [0.15, 0.2) is 24.3 Å². The molecule has 0 amide bonds. The molecule has 4 nitrogen and oxygen atoms in total. The Morgan fingerprint density at radius 1 is 1.07 bits per heavy atom. The van der Waals surface area contributed by atoms with E-state index in [9.17, 15) is 0 Å². The minimum Gasteiger partial charge on any atom is -0.655 e. The first-order valence-corrected chi connectivity index (χ1v) is 10.5. The van der Waals surface area contributed by atoms with Crippen molar-refractivity contribution in [3.63, 3.8) is 0 Å². The molecule has 4 rings (SSSR count). The summed E-state index contributed by atoms with van der Waals surface area (Å²) in [7, 11) is 0. The number of aliphatic hydroxyl groups excluding tert-OH is 2. The Hall–Kier alpha value is -0.252. The minimum absolute atomic E-state index is 0. The minimum atomic E-state index is -0.206. The monoisotopic (exact) mass is 545 g/mol. The van der Waals surface area contributed by atoms with E-state index in [2.05, 4.69) is 24.3 Å². The van der Waals surface area contributed by atoms with Crippen LogP contribution in [0.3, 0.4) is 0 Å². The molecule has 5 heteroatoms. The van der Waals surface area contributed by atoms with Gasteiger partial charge in [-0.05, 0) is 18.4 Å². The van der Waals surface area contributed by atoms with Crippen molar-refractivity contribution in [1.82, 2.24) is 4.90 Å². The average molecular weight is 545 g/mol. The summed E-state index contributed by atoms with van der Waals surface area (Å²) in [6, 6.07) is 9.46. The fourth-order valence-corrected chi connectivity index (χ4v) is 4.27. The third-order valence-corrected chi connectivity index (χ3v) is 5.62. The molecule has 0 bridgehead atoms. The average Bonchev–Trinajstić information content (AvgIpc) is 3.16. The summed E-state index contributed by atoms with van der Waals surface area (Å²) in [4.78, 5) is 1.81. The van der Waals surface area contributed by atoms with E-state index in [0.29, 0.717) is 12.6 Å². The Kier molecular flexibility index (Phi) is 12.7. The zero-order valence-corrected chi connectivity index (χ0v) is 20.0. The molecule has 0 spiro atoms. The Morgan fingerprint density at radius 2 is 1.78 bits per heavy atom. The topological polar surface area (TPSA) is 57.8 Å². The number of benzene rings is 1. The van der Waals surface area contributed by atoms with Gasteiger partial charge >= 0.3 is 0 Å². The van der Waals surface area contributed by atoms with E-state index < -0.39 is 0 Å². The summed E-state index contributed by atoms with van der Waals surface area (Å²) in [5.41, 5.74) is 3.08. The van der Waals surface area contributed by atoms with Crippen LogP contribution in [0.2, 0.25) is 0 Å². The van der Waals surface area contributed by atoms with Crippen molar-refractivity contribution in [2.24, 2.45) is 5.92 Å². The maximum atomic E-state index is 8.88. The Bertz CT molecular complexity index is 509. The number of fused-ring (bicyclic) bond motifs is 1. The first kappa shape index (κ1) is 24.8. The molecule has 1 aromatic rings. The van der Waals surface area contributed by atoms with Gasteiger partial charge in [0.1, 0.15) is 0 Å². The summed E-state index contributed by atoms with van der Waals surface area (Å²) < 4.78 is 0. The fourth-order valence-electron chi connectivity index (χ4n) is 4.27. The molecule has 2 fully saturated rings. The number of likely N-dealkylation sites (tertiary alicyclic amines) is 1. The maximum Gasteiger partial charge on any atom is 0.0957 e. The van der Waals surface area contributed by atoms with Gasteiger partial charge in [-0.3, -0.25) is 4.90 Å². The summed E-state index contributed by atoms with van der Waals surface area (Å²) in [5.74, 6) is 0.829. The first-order chi connectivity index (χ1) is 12.8. The van der Waals surface area contributed by atoms with Crippen molar-refractivity contribution in [2.45, 2.75) is 70.9 Å². The third kappa shape index (κ3) is 7.59. The van der Waals surface area contributed by atoms with Gasteiger partial charge < -0.3 is 15.5 Å². The molecule has 27 heavy (non-hydrogen) atoms. The summed E-state index contributed by atoms with van der Waals surface area (Å²) in [6.07, 6.45) is 8.80. The van der Waals surface area contributed by atoms with Crippen LogP contribution in [0.5, 0.6) is 0 Å². The molecule has 2 aliphatic heterocycles. The molecule has 0 radical (unpaired) electrons. The number of nitrogens with zero attached hydrogens (tertiary/aromatic N) is 2. The largest absolute Gasteiger partial charge is 0.655 e. The summed E-state index contributed by atoms with van der Waals surface area (Å²) in [5, 5.41) is 22.3. The molecule has 2 heterocycles. The van der Waals surface area contributed by atoms with Gasteiger partial charge in [-0.25, -0.2) is 0 Å². The molecule has 1 aromatic carbocycles. The normalized spacial score (nSPS) is 25.2. The second-order valence-electron chi connectivity index (χ2n) is 7.36. The molecule has 1 aliphatic carbocycles. The van der Waals surface area contributed by atoms with E-state index in [1.807, 2.05) is 18.7 Å². The van der Waals surface area contributed by atoms with Crippen LogP contribution >= 0.6 is 0 Å². The number of hydrogen-bond donors (Lipinski definition) is 2. The molecular weight excluding hydrogens is 508 g/mol. The smallest absolute Gasteiger partial charge is 0.0957 e. The fraction of sp³-hybridized carbons (Fsp3) is 0.727. The van der Waals surface area contributed by atoms with Gasteiger partial charge in [-0.1, -0.05) is 81.7 Å². The standard InChI is InChI=1S/C15H20N.C5H11NO2.C2H6.W/c1-2-7-13(8-3-1)15-14-9-5-4-6-12(14)10-11-16-15;7-4-6-2-1-5(8)3-6;1-2;/h4-6,9,13,15H,1-3,7-8,10-11H2;5,7-8H,1-4H2;1-2H3;/q-1;;;. The van der Waals surface area contributed by atoms with Crippen molar-refractivity contribution in [2.75, 3.05) is 26.4 Å². The molecule has 2 unspecified atom stereocenters. The molecule has 0 aromatic heterocycles. The van der Waals surface area contributed by atoms with Gasteiger partial charge in [-0.2, -0.15) is 0 Å². The number of β-amino-alcohol motifs (C(OH)–C–C–N with tert-alkyl or cyclic N) is 1. The molecular formula is C22H37N2O2W-. The van der Waals surface area contributed by atoms with E-state index in [0.717, 1.165) is 31.8 Å². The van der Waals surface area contributed by atoms with Crippen molar-refractivity contribution in [3.05, 3.63) is 40.7 Å². The predicted molar refractivity (Wildman–Crippen MR) is 108 cm³/mol. The number of aliphatic hydroxyl groups is 2. The van der Waals surface area contributed by atoms with Gasteiger partial charge in [0.25, 0.3) is 0 Å². The zero-order chi connectivity index (χ0) is 18.8. The molecule has 2 atom stereocenters. The van der Waals surface area contributed by atoms with E-state index in [1.54, 1.807) is 5.56 Å². The van der Waals surface area contributed by atoms with Crippen LogP contribution in [0, 0.1) is 5.92 Å². The van der Waals surface area contributed by atoms with Crippen molar-refractivity contribution in [3.8, 4) is 0 Å². The predicted octanol–water partition coefficient (Wildman–Crippen LogP) is 4.26. The van der Waals surface area contributed by atoms with Crippen LogP contribution in [-0.4, -0.2) is 47.6 Å². The first-order valence-electron chi connectivity index (χ1n) is 10.5. The van der Waals surface area contributed by atoms with Crippen LogP contribution in [-0.2, 0) is 27.5 Å². The van der Waals surface area contributed by atoms with Crippen LogP contribution in [0.25, 0.3) is 5.32 Å². The van der Waals surface area contributed by atoms with Gasteiger partial charge in [0.2, 0.25) is 0 Å². The van der Waals surface area contributed by atoms with Crippen LogP contribution < -0.4 is 0 Å². The van der Waals surface area contributed by atoms with Gasteiger partial charge in [0.15, 0.2) is 0 Å². The second-order valence-corrected chi connectivity index (χ2v) is 7.36. The van der Waals surface area contributed by atoms with E-state index >= 15 is 0 Å². The van der Waals surface area contributed by atoms with Crippen molar-refractivity contribution < 1.29 is 31.3 Å². The van der Waals surface area contributed by atoms with E-state index in [4.69, 9.17) is 15.5 Å². The maximum absolute atomic E-state index is 8.88. The van der Waals surface area contributed by atoms with Crippen LogP contribution in [0.4, 0.5) is 0 Å². The SMILES string of the molecule is CC.OCN1CCC(O)C1.[W].c1ccc2c(c1)CC[N-]C2C1CCCCC1. The van der Waals surface area contributed by atoms with Gasteiger partial charge in [0.05, 0.1) is 12.8 Å². The van der Waals surface area contributed by atoms with E-state index in [-0.39, 0.29) is 33.9 Å². The Balaban J connectivity index is 0.000000283. The molecule has 2 N–H and O–H groups in total. The number of rotatable bonds is 2. The van der Waals surface area contributed by atoms with E-state index in [1.165, 1.54) is 37.7 Å². The Morgan fingerprint density at radius 3 is 2.37 bits per heavy atom. The summed E-state index contributed by atoms with van der Waals surface area (Å²) >= 11 is 0. The third-order valence-electron chi connectivity index (χ3n) is 5.62. The quantitative estimate of drug-likeness (QED) is 0.584. The van der Waals surface area contributed by atoms with Crippen molar-refractivity contribution >= 4 is 0 Å².